The van der Waals surface area contributed by atoms with E-state index >= 15 is 0 Å². The highest BCUT2D eigenvalue weighted by Gasteiger charge is 2.47. The standard InChI is InChI=1S/C16H29NO/c1-11(10-18)3-2-4-17-16-14-6-12-5-13(8-14)9-15(16)7-12/h11-18H,2-10H2,1H3. The zero-order valence-electron chi connectivity index (χ0n) is 11.8. The molecule has 1 atom stereocenters. The van der Waals surface area contributed by atoms with Gasteiger partial charge in [-0.15, -0.1) is 0 Å². The summed E-state index contributed by atoms with van der Waals surface area (Å²) >= 11 is 0. The number of aliphatic hydroxyl groups excluding tert-OH is 1. The quantitative estimate of drug-likeness (QED) is 0.712. The molecule has 4 rings (SSSR count). The first kappa shape index (κ1) is 12.9. The molecule has 0 saturated heterocycles. The molecule has 4 aliphatic rings. The lowest BCUT2D eigenvalue weighted by molar-refractivity contribution is -0.0137. The zero-order valence-corrected chi connectivity index (χ0v) is 11.8. The Bertz CT molecular complexity index is 250. The lowest BCUT2D eigenvalue weighted by Gasteiger charge is -2.54. The van der Waals surface area contributed by atoms with Crippen molar-refractivity contribution in [2.24, 2.45) is 29.6 Å². The molecule has 0 aromatic rings. The van der Waals surface area contributed by atoms with Gasteiger partial charge in [0.2, 0.25) is 0 Å². The van der Waals surface area contributed by atoms with Gasteiger partial charge < -0.3 is 10.4 Å². The van der Waals surface area contributed by atoms with Gasteiger partial charge in [-0.3, -0.25) is 0 Å². The molecule has 0 amide bonds. The Morgan fingerprint density at radius 1 is 1.06 bits per heavy atom. The van der Waals surface area contributed by atoms with Crippen molar-refractivity contribution in [2.75, 3.05) is 13.2 Å². The van der Waals surface area contributed by atoms with Crippen LogP contribution in [0.5, 0.6) is 0 Å². The Morgan fingerprint density at radius 2 is 1.67 bits per heavy atom. The smallest absolute Gasteiger partial charge is 0.0456 e. The monoisotopic (exact) mass is 251 g/mol. The summed E-state index contributed by atoms with van der Waals surface area (Å²) in [6.07, 6.45) is 9.99. The Balaban J connectivity index is 1.43. The van der Waals surface area contributed by atoms with Gasteiger partial charge >= 0.3 is 0 Å². The molecule has 4 saturated carbocycles. The largest absolute Gasteiger partial charge is 0.396 e. The highest BCUT2D eigenvalue weighted by atomic mass is 16.3. The second kappa shape index (κ2) is 5.50. The molecule has 4 bridgehead atoms. The van der Waals surface area contributed by atoms with Gasteiger partial charge in [-0.05, 0) is 81.1 Å². The summed E-state index contributed by atoms with van der Waals surface area (Å²) in [5.41, 5.74) is 0. The van der Waals surface area contributed by atoms with Crippen molar-refractivity contribution in [3.05, 3.63) is 0 Å². The Labute approximate surface area is 112 Å². The first-order valence-corrected chi connectivity index (χ1v) is 8.10. The van der Waals surface area contributed by atoms with Crippen LogP contribution >= 0.6 is 0 Å². The molecule has 1 unspecified atom stereocenters. The highest BCUT2D eigenvalue weighted by molar-refractivity contribution is 5.01. The molecule has 18 heavy (non-hydrogen) atoms. The van der Waals surface area contributed by atoms with Crippen molar-refractivity contribution in [1.82, 2.24) is 5.32 Å². The van der Waals surface area contributed by atoms with Crippen LogP contribution in [0.4, 0.5) is 0 Å². The molecule has 0 aromatic heterocycles. The third kappa shape index (κ3) is 2.60. The SMILES string of the molecule is CC(CO)CCCNC1C2CC3CC(C2)CC1C3. The molecular formula is C16H29NO. The second-order valence-corrected chi connectivity index (χ2v) is 7.34. The lowest BCUT2D eigenvalue weighted by Crippen LogP contribution is -2.54. The van der Waals surface area contributed by atoms with Crippen molar-refractivity contribution in [3.8, 4) is 0 Å². The Hall–Kier alpha value is -0.0800. The molecule has 4 fully saturated rings. The zero-order chi connectivity index (χ0) is 12.5. The second-order valence-electron chi connectivity index (χ2n) is 7.34. The average Bonchev–Trinajstić information content (AvgIpc) is 2.36. The maximum absolute atomic E-state index is 9.03. The van der Waals surface area contributed by atoms with Gasteiger partial charge in [-0.2, -0.15) is 0 Å². The predicted octanol–water partition coefficient (Wildman–Crippen LogP) is 2.81. The van der Waals surface area contributed by atoms with E-state index in [1.807, 2.05) is 0 Å². The van der Waals surface area contributed by atoms with Crippen molar-refractivity contribution >= 4 is 0 Å². The summed E-state index contributed by atoms with van der Waals surface area (Å²) in [7, 11) is 0. The highest BCUT2D eigenvalue weighted by Crippen LogP contribution is 2.53. The molecule has 104 valence electrons. The number of nitrogens with one attached hydrogen (secondary N) is 1. The van der Waals surface area contributed by atoms with E-state index < -0.39 is 0 Å². The minimum atomic E-state index is 0.345. The van der Waals surface area contributed by atoms with Gasteiger partial charge in [0.1, 0.15) is 0 Å². The number of rotatable bonds is 6. The van der Waals surface area contributed by atoms with Crippen molar-refractivity contribution in [1.29, 1.82) is 0 Å². The van der Waals surface area contributed by atoms with Crippen LogP contribution in [0.3, 0.4) is 0 Å². The van der Waals surface area contributed by atoms with Crippen LogP contribution in [-0.2, 0) is 0 Å². The van der Waals surface area contributed by atoms with Gasteiger partial charge in [0.05, 0.1) is 0 Å². The summed E-state index contributed by atoms with van der Waals surface area (Å²) in [6, 6.07) is 0.835. The minimum absolute atomic E-state index is 0.345. The van der Waals surface area contributed by atoms with Crippen molar-refractivity contribution in [3.63, 3.8) is 0 Å². The summed E-state index contributed by atoms with van der Waals surface area (Å²) in [6.45, 7) is 3.65. The molecule has 0 heterocycles. The molecule has 0 spiro atoms. The summed E-state index contributed by atoms with van der Waals surface area (Å²) in [5.74, 6) is 4.64. The van der Waals surface area contributed by atoms with E-state index in [0.717, 1.165) is 42.7 Å². The first-order valence-electron chi connectivity index (χ1n) is 8.10. The Morgan fingerprint density at radius 3 is 2.22 bits per heavy atom. The first-order chi connectivity index (χ1) is 8.76. The molecule has 0 aromatic carbocycles. The van der Waals surface area contributed by atoms with Crippen molar-refractivity contribution in [2.45, 2.75) is 57.9 Å². The fourth-order valence-corrected chi connectivity index (χ4v) is 5.07. The van der Waals surface area contributed by atoms with E-state index in [4.69, 9.17) is 5.11 Å². The number of hydrogen-bond donors (Lipinski definition) is 2. The summed E-state index contributed by atoms with van der Waals surface area (Å²) < 4.78 is 0. The van der Waals surface area contributed by atoms with E-state index in [1.165, 1.54) is 32.1 Å². The number of aliphatic hydroxyl groups is 1. The lowest BCUT2D eigenvalue weighted by atomic mass is 9.54. The van der Waals surface area contributed by atoms with Crippen LogP contribution in [0, 0.1) is 29.6 Å². The minimum Gasteiger partial charge on any atom is -0.396 e. The van der Waals surface area contributed by atoms with E-state index in [-0.39, 0.29) is 0 Å². The fourth-order valence-electron chi connectivity index (χ4n) is 5.07. The van der Waals surface area contributed by atoms with Gasteiger partial charge in [0.25, 0.3) is 0 Å². The van der Waals surface area contributed by atoms with E-state index in [0.29, 0.717) is 12.5 Å². The molecule has 2 heteroatoms. The van der Waals surface area contributed by atoms with Crippen LogP contribution in [0.15, 0.2) is 0 Å². The Kier molecular flexibility index (Phi) is 3.95. The van der Waals surface area contributed by atoms with Crippen LogP contribution in [0.25, 0.3) is 0 Å². The van der Waals surface area contributed by atoms with Crippen molar-refractivity contribution < 1.29 is 5.11 Å². The van der Waals surface area contributed by atoms with Crippen LogP contribution in [-0.4, -0.2) is 24.3 Å². The third-order valence-corrected chi connectivity index (χ3v) is 5.79. The van der Waals surface area contributed by atoms with E-state index in [2.05, 4.69) is 12.2 Å². The normalized spacial score (nSPS) is 43.3. The molecule has 0 aliphatic heterocycles. The summed E-state index contributed by atoms with van der Waals surface area (Å²) in [5, 5.41) is 12.9. The molecule has 0 radical (unpaired) electrons. The van der Waals surface area contributed by atoms with E-state index in [1.54, 1.807) is 6.42 Å². The third-order valence-electron chi connectivity index (χ3n) is 5.79. The molecule has 4 aliphatic carbocycles. The van der Waals surface area contributed by atoms with Gasteiger partial charge in [0.15, 0.2) is 0 Å². The van der Waals surface area contributed by atoms with E-state index in [9.17, 15) is 0 Å². The maximum atomic E-state index is 9.03. The number of hydrogen-bond acceptors (Lipinski definition) is 2. The van der Waals surface area contributed by atoms with Gasteiger partial charge in [-0.1, -0.05) is 6.92 Å². The maximum Gasteiger partial charge on any atom is 0.0456 e. The molecule has 2 N–H and O–H groups in total. The summed E-state index contributed by atoms with van der Waals surface area (Å²) in [4.78, 5) is 0. The fraction of sp³-hybridized carbons (Fsp3) is 1.00. The topological polar surface area (TPSA) is 32.3 Å². The molecular weight excluding hydrogens is 222 g/mol. The van der Waals surface area contributed by atoms with Gasteiger partial charge in [0, 0.05) is 12.6 Å². The predicted molar refractivity (Wildman–Crippen MR) is 74.3 cm³/mol. The average molecular weight is 251 g/mol. The van der Waals surface area contributed by atoms with Crippen LogP contribution in [0.1, 0.15) is 51.9 Å². The van der Waals surface area contributed by atoms with Crippen LogP contribution < -0.4 is 5.32 Å². The van der Waals surface area contributed by atoms with Crippen LogP contribution in [0.2, 0.25) is 0 Å². The molecule has 2 nitrogen and oxygen atoms in total. The van der Waals surface area contributed by atoms with Gasteiger partial charge in [-0.25, -0.2) is 0 Å².